The summed E-state index contributed by atoms with van der Waals surface area (Å²) >= 11 is 1.22. The van der Waals surface area contributed by atoms with Crippen LogP contribution >= 0.6 is 11.3 Å². The van der Waals surface area contributed by atoms with E-state index in [4.69, 9.17) is 4.74 Å². The maximum absolute atomic E-state index is 14.7. The number of nitroso groups, excluding NO2 is 1. The SMILES string of the molecule is O=NCCOC1CN(c2nc3c(cc2F)c(=O)c(C(=O)O)cn3-c2nccs2)C1. The van der Waals surface area contributed by atoms with E-state index in [1.807, 2.05) is 0 Å². The van der Waals surface area contributed by atoms with Crippen LogP contribution in [0.3, 0.4) is 0 Å². The second-order valence-electron chi connectivity index (χ2n) is 6.28. The summed E-state index contributed by atoms with van der Waals surface area (Å²) in [6.07, 6.45) is 2.50. The quantitative estimate of drug-likeness (QED) is 0.452. The van der Waals surface area contributed by atoms with Gasteiger partial charge in [0.1, 0.15) is 12.1 Å². The van der Waals surface area contributed by atoms with Gasteiger partial charge in [0.25, 0.3) is 0 Å². The molecule has 1 N–H and O–H groups in total. The van der Waals surface area contributed by atoms with Crippen LogP contribution in [0.1, 0.15) is 10.4 Å². The number of carbonyl (C=O) groups is 1. The second-order valence-corrected chi connectivity index (χ2v) is 7.15. The zero-order valence-electron chi connectivity index (χ0n) is 14.8. The summed E-state index contributed by atoms with van der Waals surface area (Å²) in [4.78, 5) is 44.2. The van der Waals surface area contributed by atoms with Gasteiger partial charge < -0.3 is 14.7 Å². The van der Waals surface area contributed by atoms with Crippen molar-refractivity contribution in [2.45, 2.75) is 6.10 Å². The number of thiazole rings is 1. The van der Waals surface area contributed by atoms with E-state index in [0.717, 1.165) is 12.3 Å². The third kappa shape index (κ3) is 3.47. The fourth-order valence-corrected chi connectivity index (χ4v) is 3.66. The maximum Gasteiger partial charge on any atom is 0.341 e. The zero-order chi connectivity index (χ0) is 20.5. The van der Waals surface area contributed by atoms with E-state index in [0.29, 0.717) is 18.2 Å². The number of ether oxygens (including phenoxy) is 1. The number of aromatic carboxylic acids is 1. The average Bonchev–Trinajstić information content (AvgIpc) is 3.18. The van der Waals surface area contributed by atoms with Crippen molar-refractivity contribution in [3.8, 4) is 5.13 Å². The van der Waals surface area contributed by atoms with Gasteiger partial charge in [-0.25, -0.2) is 19.2 Å². The number of carboxylic acid groups (broad SMARTS) is 1. The molecule has 1 aliphatic heterocycles. The van der Waals surface area contributed by atoms with E-state index in [1.165, 1.54) is 22.1 Å². The Hall–Kier alpha value is -3.25. The molecule has 0 spiro atoms. The minimum absolute atomic E-state index is 0.0265. The molecule has 1 aliphatic rings. The number of anilines is 1. The van der Waals surface area contributed by atoms with Gasteiger partial charge in [0.05, 0.1) is 18.1 Å². The molecule has 0 aliphatic carbocycles. The Labute approximate surface area is 166 Å². The summed E-state index contributed by atoms with van der Waals surface area (Å²) in [5.41, 5.74) is -1.20. The van der Waals surface area contributed by atoms with Gasteiger partial charge in [0.15, 0.2) is 22.4 Å². The molecular formula is C17H14FN5O5S. The van der Waals surface area contributed by atoms with E-state index in [-0.39, 0.29) is 36.1 Å². The summed E-state index contributed by atoms with van der Waals surface area (Å²) in [6.45, 7) is 0.967. The molecule has 0 radical (unpaired) electrons. The Bertz CT molecular complexity index is 1140. The van der Waals surface area contributed by atoms with Gasteiger partial charge in [-0.15, -0.1) is 11.3 Å². The van der Waals surface area contributed by atoms with E-state index < -0.39 is 22.8 Å². The van der Waals surface area contributed by atoms with Crippen LogP contribution in [-0.4, -0.2) is 58.0 Å². The molecule has 1 fully saturated rings. The number of hydrogen-bond donors (Lipinski definition) is 1. The zero-order valence-corrected chi connectivity index (χ0v) is 15.6. The van der Waals surface area contributed by atoms with Crippen molar-refractivity contribution < 1.29 is 19.0 Å². The number of pyridine rings is 2. The summed E-state index contributed by atoms with van der Waals surface area (Å²) in [5, 5.41) is 14.0. The highest BCUT2D eigenvalue weighted by Crippen LogP contribution is 2.27. The predicted molar refractivity (Wildman–Crippen MR) is 103 cm³/mol. The Morgan fingerprint density at radius 1 is 1.45 bits per heavy atom. The van der Waals surface area contributed by atoms with E-state index in [9.17, 15) is 24.0 Å². The first kappa shape index (κ1) is 19.1. The van der Waals surface area contributed by atoms with Crippen LogP contribution < -0.4 is 10.3 Å². The highest BCUT2D eigenvalue weighted by molar-refractivity contribution is 7.12. The molecule has 0 atom stereocenters. The highest BCUT2D eigenvalue weighted by Gasteiger charge is 2.31. The monoisotopic (exact) mass is 419 g/mol. The summed E-state index contributed by atoms with van der Waals surface area (Å²) in [5.74, 6) is -2.13. The van der Waals surface area contributed by atoms with Crippen LogP contribution in [0, 0.1) is 10.7 Å². The standard InChI is InChI=1S/C17H14FN5O5S/c18-12-5-10-13(24)11(16(25)26)8-23(17-19-2-4-29-17)14(10)21-15(12)22-6-9(7-22)28-3-1-20-27/h2,4-5,8-9H,1,3,6-7H2,(H,25,26). The summed E-state index contributed by atoms with van der Waals surface area (Å²) in [7, 11) is 0. The Morgan fingerprint density at radius 2 is 2.24 bits per heavy atom. The number of nitrogens with zero attached hydrogens (tertiary/aromatic N) is 5. The van der Waals surface area contributed by atoms with Crippen molar-refractivity contribution in [1.29, 1.82) is 0 Å². The molecule has 3 aromatic rings. The molecule has 4 heterocycles. The fraction of sp³-hybridized carbons (Fsp3) is 0.294. The molecule has 10 nitrogen and oxygen atoms in total. The van der Waals surface area contributed by atoms with Gasteiger partial charge in [0.2, 0.25) is 5.43 Å². The van der Waals surface area contributed by atoms with Crippen LogP contribution in [-0.2, 0) is 4.74 Å². The minimum Gasteiger partial charge on any atom is -0.477 e. The van der Waals surface area contributed by atoms with Crippen LogP contribution in [0.5, 0.6) is 0 Å². The normalized spacial score (nSPS) is 14.2. The number of fused-ring (bicyclic) bond motifs is 1. The Balaban J connectivity index is 1.76. The topological polar surface area (TPSA) is 127 Å². The molecule has 29 heavy (non-hydrogen) atoms. The van der Waals surface area contributed by atoms with Gasteiger partial charge >= 0.3 is 5.97 Å². The second kappa shape index (κ2) is 7.64. The highest BCUT2D eigenvalue weighted by atomic mass is 32.1. The lowest BCUT2D eigenvalue weighted by Gasteiger charge is -2.39. The summed E-state index contributed by atoms with van der Waals surface area (Å²) in [6, 6.07) is 1.00. The maximum atomic E-state index is 14.7. The molecule has 0 saturated carbocycles. The third-order valence-electron chi connectivity index (χ3n) is 4.45. The largest absolute Gasteiger partial charge is 0.477 e. The molecule has 150 valence electrons. The smallest absolute Gasteiger partial charge is 0.341 e. The van der Waals surface area contributed by atoms with Gasteiger partial charge in [0, 0.05) is 30.9 Å². The van der Waals surface area contributed by atoms with Crippen molar-refractivity contribution in [2.24, 2.45) is 5.18 Å². The van der Waals surface area contributed by atoms with E-state index in [2.05, 4.69) is 15.1 Å². The van der Waals surface area contributed by atoms with Crippen LogP contribution in [0.15, 0.2) is 33.8 Å². The fourth-order valence-electron chi connectivity index (χ4n) is 3.04. The molecule has 12 heteroatoms. The van der Waals surface area contributed by atoms with Crippen molar-refractivity contribution >= 4 is 34.2 Å². The minimum atomic E-state index is -1.42. The number of carboxylic acids is 1. The van der Waals surface area contributed by atoms with Gasteiger partial charge in [-0.05, 0) is 6.07 Å². The van der Waals surface area contributed by atoms with Crippen molar-refractivity contribution in [3.05, 3.63) is 50.4 Å². The van der Waals surface area contributed by atoms with Crippen molar-refractivity contribution in [3.63, 3.8) is 0 Å². The lowest BCUT2D eigenvalue weighted by molar-refractivity contribution is 0.0388. The molecule has 3 aromatic heterocycles. The molecular weight excluding hydrogens is 405 g/mol. The first-order valence-corrected chi connectivity index (χ1v) is 9.42. The molecule has 0 unspecified atom stereocenters. The van der Waals surface area contributed by atoms with E-state index >= 15 is 0 Å². The molecule has 0 bridgehead atoms. The molecule has 0 amide bonds. The molecule has 1 saturated heterocycles. The van der Waals surface area contributed by atoms with Crippen molar-refractivity contribution in [1.82, 2.24) is 14.5 Å². The predicted octanol–water partition coefficient (Wildman–Crippen LogP) is 1.65. The van der Waals surface area contributed by atoms with Gasteiger partial charge in [-0.1, -0.05) is 5.18 Å². The van der Waals surface area contributed by atoms with Gasteiger partial charge in [-0.3, -0.25) is 9.36 Å². The molecule has 4 rings (SSSR count). The Kier molecular flexibility index (Phi) is 5.03. The summed E-state index contributed by atoms with van der Waals surface area (Å²) < 4.78 is 21.5. The third-order valence-corrected chi connectivity index (χ3v) is 5.22. The first-order chi connectivity index (χ1) is 14.0. The Morgan fingerprint density at radius 3 is 2.90 bits per heavy atom. The van der Waals surface area contributed by atoms with Crippen LogP contribution in [0.2, 0.25) is 0 Å². The number of aromatic nitrogens is 3. The molecule has 0 aromatic carbocycles. The average molecular weight is 419 g/mol. The van der Waals surface area contributed by atoms with E-state index in [1.54, 1.807) is 10.3 Å². The van der Waals surface area contributed by atoms with Crippen LogP contribution in [0.4, 0.5) is 10.2 Å². The van der Waals surface area contributed by atoms with Crippen molar-refractivity contribution in [2.75, 3.05) is 31.1 Å². The lowest BCUT2D eigenvalue weighted by atomic mass is 10.1. The number of hydrogen-bond acceptors (Lipinski definition) is 9. The number of rotatable bonds is 7. The van der Waals surface area contributed by atoms with Crippen LogP contribution in [0.25, 0.3) is 16.2 Å². The number of halogens is 1. The lowest BCUT2D eigenvalue weighted by Crippen LogP contribution is -2.53. The van der Waals surface area contributed by atoms with Gasteiger partial charge in [-0.2, -0.15) is 4.91 Å². The first-order valence-electron chi connectivity index (χ1n) is 8.54.